The zero-order valence-corrected chi connectivity index (χ0v) is 16.7. The quantitative estimate of drug-likeness (QED) is 0.728. The van der Waals surface area contributed by atoms with Crippen LogP contribution in [0.2, 0.25) is 5.02 Å². The summed E-state index contributed by atoms with van der Waals surface area (Å²) in [6, 6.07) is 3.96. The Morgan fingerprint density at radius 3 is 2.12 bits per heavy atom. The van der Waals surface area contributed by atoms with Crippen LogP contribution in [0.5, 0.6) is 0 Å². The number of piperazine rings is 1. The smallest absolute Gasteiger partial charge is 0.147 e. The summed E-state index contributed by atoms with van der Waals surface area (Å²) in [6.45, 7) is 6.69. The van der Waals surface area contributed by atoms with Crippen molar-refractivity contribution in [3.05, 3.63) is 34.2 Å². The van der Waals surface area contributed by atoms with Gasteiger partial charge < -0.3 is 19.4 Å². The summed E-state index contributed by atoms with van der Waals surface area (Å²) in [5, 5.41) is 0.671. The third-order valence-corrected chi connectivity index (χ3v) is 5.38. The maximum absolute atomic E-state index is 6.34. The van der Waals surface area contributed by atoms with E-state index in [2.05, 4.69) is 51.6 Å². The number of nitrogens with zero attached hydrogens (tertiary/aromatic N) is 6. The highest BCUT2D eigenvalue weighted by Crippen LogP contribution is 2.28. The van der Waals surface area contributed by atoms with E-state index >= 15 is 0 Å². The number of pyridine rings is 1. The minimum Gasteiger partial charge on any atom is -0.378 e. The minimum atomic E-state index is 0.671. The molecular formula is C17H20BrClN6O. The van der Waals surface area contributed by atoms with Crippen LogP contribution >= 0.6 is 27.5 Å². The average molecular weight is 440 g/mol. The molecule has 0 aliphatic carbocycles. The first-order valence-electron chi connectivity index (χ1n) is 8.66. The fraction of sp³-hybridized carbons (Fsp3) is 0.471. The van der Waals surface area contributed by atoms with Crippen molar-refractivity contribution in [2.24, 2.45) is 0 Å². The number of aromatic nitrogens is 3. The predicted molar refractivity (Wildman–Crippen MR) is 106 cm³/mol. The maximum Gasteiger partial charge on any atom is 0.147 e. The number of anilines is 3. The van der Waals surface area contributed by atoms with Crippen LogP contribution in [0.3, 0.4) is 0 Å². The molecule has 0 N–H and O–H groups in total. The Kier molecular flexibility index (Phi) is 5.42. The number of hydrogen-bond acceptors (Lipinski definition) is 7. The lowest BCUT2D eigenvalue weighted by atomic mass is 10.3. The molecule has 9 heteroatoms. The second kappa shape index (κ2) is 7.94. The number of ether oxygens (including phenoxy) is 1. The van der Waals surface area contributed by atoms with E-state index in [0.29, 0.717) is 5.02 Å². The lowest BCUT2D eigenvalue weighted by Gasteiger charge is -2.36. The monoisotopic (exact) mass is 438 g/mol. The number of halogens is 2. The molecule has 0 spiro atoms. The van der Waals surface area contributed by atoms with Crippen LogP contribution in [0.25, 0.3) is 0 Å². The summed E-state index contributed by atoms with van der Waals surface area (Å²) >= 11 is 9.74. The summed E-state index contributed by atoms with van der Waals surface area (Å²) < 4.78 is 6.31. The van der Waals surface area contributed by atoms with Gasteiger partial charge in [0.1, 0.15) is 23.8 Å². The summed E-state index contributed by atoms with van der Waals surface area (Å²) in [6.07, 6.45) is 3.44. The fourth-order valence-electron chi connectivity index (χ4n) is 3.26. The second-order valence-electron chi connectivity index (χ2n) is 6.27. The number of morpholine rings is 1. The van der Waals surface area contributed by atoms with E-state index in [4.69, 9.17) is 16.3 Å². The molecule has 0 atom stereocenters. The van der Waals surface area contributed by atoms with E-state index in [1.807, 2.05) is 6.07 Å². The van der Waals surface area contributed by atoms with Gasteiger partial charge in [-0.15, -0.1) is 0 Å². The van der Waals surface area contributed by atoms with Crippen molar-refractivity contribution in [3.63, 3.8) is 0 Å². The third kappa shape index (κ3) is 3.87. The summed E-state index contributed by atoms with van der Waals surface area (Å²) in [4.78, 5) is 20.1. The molecule has 0 unspecified atom stereocenters. The standard InChI is InChI=1S/C17H20BrClN6O/c18-13-9-14(19)17(20-11-13)25-3-1-23(2-4-25)15-10-16(22-12-21-15)24-5-7-26-8-6-24/h9-12H,1-8H2. The van der Waals surface area contributed by atoms with Gasteiger partial charge in [0.05, 0.1) is 18.2 Å². The van der Waals surface area contributed by atoms with Crippen molar-refractivity contribution in [3.8, 4) is 0 Å². The van der Waals surface area contributed by atoms with Crippen molar-refractivity contribution < 1.29 is 4.74 Å². The van der Waals surface area contributed by atoms with E-state index in [1.54, 1.807) is 12.5 Å². The van der Waals surface area contributed by atoms with Gasteiger partial charge in [0.2, 0.25) is 0 Å². The van der Waals surface area contributed by atoms with Gasteiger partial charge >= 0.3 is 0 Å². The highest BCUT2D eigenvalue weighted by Gasteiger charge is 2.22. The molecule has 4 rings (SSSR count). The highest BCUT2D eigenvalue weighted by atomic mass is 79.9. The normalized spacial score (nSPS) is 18.3. The molecule has 2 aromatic heterocycles. The van der Waals surface area contributed by atoms with Gasteiger partial charge in [-0.25, -0.2) is 15.0 Å². The fourth-order valence-corrected chi connectivity index (χ4v) is 4.01. The van der Waals surface area contributed by atoms with Gasteiger partial charge in [0.25, 0.3) is 0 Å². The Morgan fingerprint density at radius 1 is 0.846 bits per heavy atom. The van der Waals surface area contributed by atoms with Crippen LogP contribution in [0.4, 0.5) is 17.5 Å². The highest BCUT2D eigenvalue weighted by molar-refractivity contribution is 9.10. The SMILES string of the molecule is Clc1cc(Br)cnc1N1CCN(c2cc(N3CCOCC3)ncn2)CC1. The van der Waals surface area contributed by atoms with Crippen molar-refractivity contribution >= 4 is 45.0 Å². The van der Waals surface area contributed by atoms with Crippen LogP contribution in [-0.4, -0.2) is 67.4 Å². The molecule has 2 aliphatic rings. The van der Waals surface area contributed by atoms with E-state index in [0.717, 1.165) is 74.4 Å². The van der Waals surface area contributed by atoms with Crippen molar-refractivity contribution in [1.29, 1.82) is 0 Å². The molecule has 2 saturated heterocycles. The first-order valence-corrected chi connectivity index (χ1v) is 9.83. The predicted octanol–water partition coefficient (Wildman–Crippen LogP) is 2.45. The summed E-state index contributed by atoms with van der Waals surface area (Å²) in [7, 11) is 0. The van der Waals surface area contributed by atoms with Crippen molar-refractivity contribution in [2.75, 3.05) is 67.2 Å². The lowest BCUT2D eigenvalue weighted by molar-refractivity contribution is 0.122. The molecule has 7 nitrogen and oxygen atoms in total. The van der Waals surface area contributed by atoms with Gasteiger partial charge in [0.15, 0.2) is 0 Å². The molecule has 0 aromatic carbocycles. The molecule has 26 heavy (non-hydrogen) atoms. The zero-order valence-electron chi connectivity index (χ0n) is 14.3. The zero-order chi connectivity index (χ0) is 17.9. The van der Waals surface area contributed by atoms with E-state index in [1.165, 1.54) is 0 Å². The van der Waals surface area contributed by atoms with Crippen LogP contribution < -0.4 is 14.7 Å². The van der Waals surface area contributed by atoms with E-state index in [9.17, 15) is 0 Å². The van der Waals surface area contributed by atoms with E-state index < -0.39 is 0 Å². The summed E-state index contributed by atoms with van der Waals surface area (Å²) in [5.74, 6) is 2.78. The number of hydrogen-bond donors (Lipinski definition) is 0. The second-order valence-corrected chi connectivity index (χ2v) is 7.59. The first kappa shape index (κ1) is 17.8. The molecule has 0 amide bonds. The maximum atomic E-state index is 6.34. The van der Waals surface area contributed by atoms with Gasteiger partial charge in [-0.3, -0.25) is 0 Å². The largest absolute Gasteiger partial charge is 0.378 e. The topological polar surface area (TPSA) is 57.6 Å². The molecule has 4 heterocycles. The average Bonchev–Trinajstić information content (AvgIpc) is 2.69. The van der Waals surface area contributed by atoms with Gasteiger partial charge in [-0.1, -0.05) is 11.6 Å². The van der Waals surface area contributed by atoms with E-state index in [-0.39, 0.29) is 0 Å². The Morgan fingerprint density at radius 2 is 1.46 bits per heavy atom. The Balaban J connectivity index is 1.43. The van der Waals surface area contributed by atoms with Crippen molar-refractivity contribution in [2.45, 2.75) is 0 Å². The molecular weight excluding hydrogens is 420 g/mol. The Bertz CT molecular complexity index is 765. The van der Waals surface area contributed by atoms with Gasteiger partial charge in [0, 0.05) is 56.0 Å². The van der Waals surface area contributed by atoms with Crippen LogP contribution in [0, 0.1) is 0 Å². The Hall–Kier alpha value is -1.64. The molecule has 0 saturated carbocycles. The molecule has 138 valence electrons. The van der Waals surface area contributed by atoms with Gasteiger partial charge in [-0.05, 0) is 22.0 Å². The lowest BCUT2D eigenvalue weighted by Crippen LogP contribution is -2.47. The third-order valence-electron chi connectivity index (χ3n) is 4.66. The molecule has 2 aromatic rings. The molecule has 2 aliphatic heterocycles. The summed E-state index contributed by atoms with van der Waals surface area (Å²) in [5.41, 5.74) is 0. The first-order chi connectivity index (χ1) is 12.7. The van der Waals surface area contributed by atoms with Crippen LogP contribution in [0.15, 0.2) is 29.1 Å². The molecule has 0 bridgehead atoms. The van der Waals surface area contributed by atoms with Gasteiger partial charge in [-0.2, -0.15) is 0 Å². The molecule has 0 radical (unpaired) electrons. The van der Waals surface area contributed by atoms with Crippen LogP contribution in [0.1, 0.15) is 0 Å². The van der Waals surface area contributed by atoms with Crippen LogP contribution in [-0.2, 0) is 4.74 Å². The van der Waals surface area contributed by atoms with Crippen molar-refractivity contribution in [1.82, 2.24) is 15.0 Å². The Labute approximate surface area is 166 Å². The minimum absolute atomic E-state index is 0.671. The number of rotatable bonds is 3. The molecule has 2 fully saturated rings.